The highest BCUT2D eigenvalue weighted by Gasteiger charge is 2.32. The molecular formula is C121H108N2S2. The molecule has 20 rings (SSSR count). The van der Waals surface area contributed by atoms with Crippen molar-refractivity contribution in [2.45, 2.75) is 152 Å². The number of thiazole rings is 2. The van der Waals surface area contributed by atoms with Crippen LogP contribution in [-0.2, 0) is 27.1 Å². The van der Waals surface area contributed by atoms with Crippen molar-refractivity contribution < 1.29 is 0 Å². The summed E-state index contributed by atoms with van der Waals surface area (Å²) in [7, 11) is 0. The lowest BCUT2D eigenvalue weighted by Crippen LogP contribution is -2.11. The molecule has 0 aliphatic carbocycles. The summed E-state index contributed by atoms with van der Waals surface area (Å²) in [5.41, 5.74) is 34.7. The van der Waals surface area contributed by atoms with Crippen molar-refractivity contribution in [2.24, 2.45) is 0 Å². The van der Waals surface area contributed by atoms with E-state index >= 15 is 0 Å². The van der Waals surface area contributed by atoms with Crippen LogP contribution in [0.4, 0.5) is 0 Å². The fourth-order valence-corrected chi connectivity index (χ4v) is 21.1. The SMILES string of the molecule is Cc1ccc2c(-c3ccc(C(C)(C)C)cc3)c3c(-c4ccc(C(C)(C)C)cc4)c4cc(C(C)(C)C)ccc4c(-c4ccc(C(C)(C)C)cc4)c3c(-c3ccc(C(C)(C)C)cc3)c2c1.Cc1ccc2nc(-c3ccc(-c4c5ccccc5c(-c5ccc(-c6nc7ccc(C)cc7s6)cc5)c5c(-c6ccccc6)c6ccccc6c(-c6ccccc6)c45)cc3)sc2c1. The molecule has 0 aliphatic rings. The largest absolute Gasteiger partial charge is 0.236 e. The van der Waals surface area contributed by atoms with Gasteiger partial charge in [0.2, 0.25) is 0 Å². The summed E-state index contributed by atoms with van der Waals surface area (Å²) >= 11 is 3.52. The summed E-state index contributed by atoms with van der Waals surface area (Å²) in [6, 6.07) is 124. The lowest BCUT2D eigenvalue weighted by atomic mass is 9.75. The first-order chi connectivity index (χ1) is 59.9. The summed E-state index contributed by atoms with van der Waals surface area (Å²) in [6.07, 6.45) is 0. The second-order valence-electron chi connectivity index (χ2n) is 39.8. The van der Waals surface area contributed by atoms with Crippen LogP contribution in [0.25, 0.3) is 195 Å². The van der Waals surface area contributed by atoms with E-state index < -0.39 is 0 Å². The van der Waals surface area contributed by atoms with Crippen molar-refractivity contribution in [2.75, 3.05) is 0 Å². The number of hydrogen-bond acceptors (Lipinski definition) is 4. The molecule has 0 N–H and O–H groups in total. The zero-order valence-corrected chi connectivity index (χ0v) is 77.0. The molecule has 2 nitrogen and oxygen atoms in total. The van der Waals surface area contributed by atoms with Crippen LogP contribution >= 0.6 is 22.7 Å². The summed E-state index contributed by atoms with van der Waals surface area (Å²) in [5.74, 6) is 0. The Balaban J connectivity index is 0.000000164. The Bertz CT molecular complexity index is 7330. The molecule has 2 heterocycles. The van der Waals surface area contributed by atoms with E-state index in [9.17, 15) is 0 Å². The van der Waals surface area contributed by atoms with E-state index in [0.29, 0.717) is 0 Å². The van der Waals surface area contributed by atoms with Gasteiger partial charge in [-0.3, -0.25) is 0 Å². The summed E-state index contributed by atoms with van der Waals surface area (Å²) < 4.78 is 2.43. The minimum atomic E-state index is -0.0441. The number of nitrogens with zero attached hydrogens (tertiary/aromatic N) is 2. The van der Waals surface area contributed by atoms with Crippen LogP contribution in [-0.4, -0.2) is 9.97 Å². The number of aryl methyl sites for hydroxylation is 3. The summed E-state index contributed by atoms with van der Waals surface area (Å²) in [6.45, 7) is 41.3. The monoisotopic (exact) mass is 1650 g/mol. The van der Waals surface area contributed by atoms with Gasteiger partial charge < -0.3 is 0 Å². The third-order valence-electron chi connectivity index (χ3n) is 25.8. The fraction of sp³-hybridized carbons (Fsp3) is 0.190. The van der Waals surface area contributed by atoms with E-state index in [1.165, 1.54) is 208 Å². The zero-order chi connectivity index (χ0) is 86.9. The van der Waals surface area contributed by atoms with Crippen LogP contribution in [0.1, 0.15) is 148 Å². The molecule has 0 amide bonds. The quantitative estimate of drug-likeness (QED) is 0.128. The molecule has 0 spiro atoms. The molecule has 0 bridgehead atoms. The second-order valence-corrected chi connectivity index (χ2v) is 41.9. The first-order valence-electron chi connectivity index (χ1n) is 44.3. The molecule has 2 aromatic heterocycles. The van der Waals surface area contributed by atoms with E-state index in [2.05, 4.69) is 452 Å². The van der Waals surface area contributed by atoms with Crippen LogP contribution < -0.4 is 0 Å². The Kier molecular flexibility index (Phi) is 20.7. The molecule has 0 atom stereocenters. The first kappa shape index (κ1) is 81.9. The second kappa shape index (κ2) is 31.5. The van der Waals surface area contributed by atoms with Crippen molar-refractivity contribution in [3.63, 3.8) is 0 Å². The Morgan fingerprint density at radius 2 is 0.400 bits per heavy atom. The molecule has 18 aromatic carbocycles. The molecular weight excluding hydrogens is 1550 g/mol. The minimum absolute atomic E-state index is 0.0333. The Morgan fingerprint density at radius 3 is 0.696 bits per heavy atom. The molecule has 125 heavy (non-hydrogen) atoms. The van der Waals surface area contributed by atoms with Gasteiger partial charge >= 0.3 is 0 Å². The lowest BCUT2D eigenvalue weighted by molar-refractivity contribution is 0.590. The van der Waals surface area contributed by atoms with Gasteiger partial charge in [-0.25, -0.2) is 9.97 Å². The number of benzene rings is 18. The highest BCUT2D eigenvalue weighted by atomic mass is 32.1. The predicted molar refractivity (Wildman–Crippen MR) is 546 cm³/mol. The maximum Gasteiger partial charge on any atom is 0.124 e. The van der Waals surface area contributed by atoms with Gasteiger partial charge in [-0.05, 0) is 271 Å². The molecule has 0 fully saturated rings. The molecule has 0 unspecified atom stereocenters. The van der Waals surface area contributed by atoms with E-state index in [-0.39, 0.29) is 27.1 Å². The van der Waals surface area contributed by atoms with E-state index in [4.69, 9.17) is 9.97 Å². The van der Waals surface area contributed by atoms with Gasteiger partial charge in [0.25, 0.3) is 0 Å². The molecule has 4 heteroatoms. The van der Waals surface area contributed by atoms with E-state index in [0.717, 1.165) is 32.2 Å². The van der Waals surface area contributed by atoms with Crippen LogP contribution in [0.3, 0.4) is 0 Å². The Labute approximate surface area is 746 Å². The van der Waals surface area contributed by atoms with Gasteiger partial charge in [-0.1, -0.05) is 407 Å². The van der Waals surface area contributed by atoms with Gasteiger partial charge in [0.15, 0.2) is 0 Å². The van der Waals surface area contributed by atoms with Crippen molar-refractivity contribution in [3.05, 3.63) is 372 Å². The van der Waals surface area contributed by atoms with Crippen LogP contribution in [0.5, 0.6) is 0 Å². The molecule has 614 valence electrons. The van der Waals surface area contributed by atoms with Gasteiger partial charge in [-0.15, -0.1) is 22.7 Å². The Hall–Kier alpha value is -12.7. The lowest BCUT2D eigenvalue weighted by Gasteiger charge is -2.28. The van der Waals surface area contributed by atoms with E-state index in [1.54, 1.807) is 22.7 Å². The van der Waals surface area contributed by atoms with Gasteiger partial charge in [-0.2, -0.15) is 0 Å². The highest BCUT2D eigenvalue weighted by molar-refractivity contribution is 7.22. The fourth-order valence-electron chi connectivity index (χ4n) is 19.0. The highest BCUT2D eigenvalue weighted by Crippen LogP contribution is 2.58. The van der Waals surface area contributed by atoms with Crippen LogP contribution in [0.2, 0.25) is 0 Å². The van der Waals surface area contributed by atoms with E-state index in [1.807, 2.05) is 0 Å². The third kappa shape index (κ3) is 15.2. The van der Waals surface area contributed by atoms with Crippen molar-refractivity contribution in [3.8, 4) is 110 Å². The number of aromatic nitrogens is 2. The van der Waals surface area contributed by atoms with Crippen molar-refractivity contribution >= 4 is 108 Å². The predicted octanol–water partition coefficient (Wildman–Crippen LogP) is 35.6. The Morgan fingerprint density at radius 1 is 0.184 bits per heavy atom. The topological polar surface area (TPSA) is 25.8 Å². The van der Waals surface area contributed by atoms with Crippen molar-refractivity contribution in [1.29, 1.82) is 0 Å². The van der Waals surface area contributed by atoms with Crippen molar-refractivity contribution in [1.82, 2.24) is 9.97 Å². The molecule has 0 radical (unpaired) electrons. The standard InChI is InChI=1S/C63H70.C58H38N2S2/c1-39-17-35-49-51(37-39)55(42-22-30-46(31-23-42)61(8,9)10)57-54(41-20-28-45(29-21-41)60(5,6)7)50-36-34-48(63(14,15)16)38-52(50)56(43-24-32-47(33-25-43)62(11,12)13)58(57)53(49)40-18-26-44(27-19-40)59(2,3)4;1-35-21-31-47-49(33-35)61-57(59-47)41-27-23-39(24-28-41)53-45-19-11-12-20-46(45)54(40-25-29-42(30-26-40)58-60-48-32-22-36(2)34-50(48)62-58)56-52(38-15-7-4-8-16-38)44-18-10-9-17-43(44)51(55(53)56)37-13-5-3-6-14-37/h17-38H,1-16H3;3-34H,1-2H3. The van der Waals surface area contributed by atoms with Gasteiger partial charge in [0.05, 0.1) is 20.4 Å². The minimum Gasteiger partial charge on any atom is -0.236 e. The zero-order valence-electron chi connectivity index (χ0n) is 75.4. The normalized spacial score (nSPS) is 12.4. The average molecular weight is 1650 g/mol. The maximum absolute atomic E-state index is 5.06. The summed E-state index contributed by atoms with van der Waals surface area (Å²) in [5, 5.41) is 17.2. The first-order valence-corrected chi connectivity index (χ1v) is 46.0. The van der Waals surface area contributed by atoms with Gasteiger partial charge in [0.1, 0.15) is 10.0 Å². The summed E-state index contributed by atoms with van der Waals surface area (Å²) in [4.78, 5) is 10.1. The van der Waals surface area contributed by atoms with Crippen LogP contribution in [0, 0.1) is 20.8 Å². The molecule has 20 aromatic rings. The average Bonchev–Trinajstić information content (AvgIpc) is 0.899. The molecule has 0 saturated heterocycles. The number of hydrogen-bond donors (Lipinski definition) is 0. The smallest absolute Gasteiger partial charge is 0.124 e. The molecule has 0 saturated carbocycles. The molecule has 0 aliphatic heterocycles. The number of fused-ring (bicyclic) bond motifs is 8. The van der Waals surface area contributed by atoms with Gasteiger partial charge in [0, 0.05) is 11.1 Å². The maximum atomic E-state index is 5.06. The number of rotatable bonds is 10. The van der Waals surface area contributed by atoms with Crippen LogP contribution in [0.15, 0.2) is 328 Å². The third-order valence-corrected chi connectivity index (χ3v) is 27.9.